The summed E-state index contributed by atoms with van der Waals surface area (Å²) in [6, 6.07) is 9.05. The highest BCUT2D eigenvalue weighted by Crippen LogP contribution is 2.26. The Balaban J connectivity index is 0.000000222. The van der Waals surface area contributed by atoms with Crippen LogP contribution in [0.25, 0.3) is 20.4 Å². The van der Waals surface area contributed by atoms with Crippen LogP contribution in [0, 0.1) is 11.6 Å². The van der Waals surface area contributed by atoms with E-state index >= 15 is 0 Å². The monoisotopic (exact) mass is 431 g/mol. The fraction of sp³-hybridized carbons (Fsp3) is 0.125. The van der Waals surface area contributed by atoms with E-state index in [1.807, 2.05) is 0 Å². The molecule has 0 aliphatic carbocycles. The lowest BCUT2D eigenvalue weighted by molar-refractivity contribution is 0.629. The quantitative estimate of drug-likeness (QED) is 0.346. The molecule has 4 aromatic rings. The first-order chi connectivity index (χ1) is 10.5. The third-order valence-corrected chi connectivity index (χ3v) is 5.04. The lowest BCUT2D eigenvalue weighted by atomic mass is 10.3. The largest absolute Gasteiger partial charge is 0.375 e. The molecule has 2 heterocycles. The van der Waals surface area contributed by atoms with E-state index in [0.29, 0.717) is 16.2 Å². The predicted molar refractivity (Wildman–Crippen MR) is 105 cm³/mol. The molecule has 0 aliphatic heterocycles. The minimum atomic E-state index is -0.275. The maximum atomic E-state index is 12.6. The summed E-state index contributed by atoms with van der Waals surface area (Å²) >= 11 is 6.09. The minimum absolute atomic E-state index is 0. The van der Waals surface area contributed by atoms with Crippen LogP contribution in [0.3, 0.4) is 0 Å². The normalized spacial score (nSPS) is 9.79. The van der Waals surface area contributed by atoms with Crippen molar-refractivity contribution in [1.29, 1.82) is 0 Å². The van der Waals surface area contributed by atoms with Crippen LogP contribution >= 0.6 is 38.6 Å². The number of thiazole rings is 2. The van der Waals surface area contributed by atoms with Crippen molar-refractivity contribution in [3.63, 3.8) is 0 Å². The van der Waals surface area contributed by atoms with Crippen molar-refractivity contribution in [2.75, 3.05) is 5.73 Å². The molecule has 2 aromatic heterocycles. The summed E-state index contributed by atoms with van der Waals surface area (Å²) in [5.41, 5.74) is 6.77. The summed E-state index contributed by atoms with van der Waals surface area (Å²) in [7, 11) is 0. The summed E-state index contributed by atoms with van der Waals surface area (Å²) < 4.78 is 27.9. The van der Waals surface area contributed by atoms with Crippen LogP contribution in [0.1, 0.15) is 14.9 Å². The Morgan fingerprint density at radius 1 is 0.833 bits per heavy atom. The second-order valence-electron chi connectivity index (χ2n) is 4.24. The molecule has 0 amide bonds. The molecule has 0 atom stereocenters. The van der Waals surface area contributed by atoms with E-state index in [4.69, 9.17) is 5.73 Å². The Morgan fingerprint density at radius 3 is 1.92 bits per heavy atom. The Kier molecular flexibility index (Phi) is 7.19. The first-order valence-corrected chi connectivity index (χ1v) is 8.47. The minimum Gasteiger partial charge on any atom is -0.375 e. The van der Waals surface area contributed by atoms with Crippen molar-refractivity contribution in [2.45, 2.75) is 14.9 Å². The van der Waals surface area contributed by atoms with E-state index < -0.39 is 0 Å². The molecule has 0 fully saturated rings. The topological polar surface area (TPSA) is 51.8 Å². The van der Waals surface area contributed by atoms with Crippen LogP contribution in [-0.2, 0) is 0 Å². The van der Waals surface area contributed by atoms with Crippen molar-refractivity contribution in [3.8, 4) is 0 Å². The number of nitrogens with zero attached hydrogens (tertiary/aromatic N) is 2. The molecule has 0 saturated heterocycles. The second-order valence-corrected chi connectivity index (χ2v) is 7.61. The molecule has 0 bridgehead atoms. The van der Waals surface area contributed by atoms with E-state index in [2.05, 4.69) is 25.9 Å². The summed E-state index contributed by atoms with van der Waals surface area (Å²) in [6.45, 7) is 0. The van der Waals surface area contributed by atoms with Gasteiger partial charge in [0.1, 0.15) is 11.6 Å². The molecule has 2 N–H and O–H groups in total. The van der Waals surface area contributed by atoms with Gasteiger partial charge in [-0.05, 0) is 40.2 Å². The van der Waals surface area contributed by atoms with Gasteiger partial charge in [-0.25, -0.2) is 18.7 Å². The molecule has 3 nitrogen and oxygen atoms in total. The molecule has 24 heavy (non-hydrogen) atoms. The fourth-order valence-electron chi connectivity index (χ4n) is 1.79. The number of hydrogen-bond acceptors (Lipinski definition) is 5. The zero-order valence-corrected chi connectivity index (χ0v) is 14.1. The highest BCUT2D eigenvalue weighted by atomic mass is 79.9. The van der Waals surface area contributed by atoms with Crippen LogP contribution in [0.5, 0.6) is 0 Å². The molecular formula is C16H16BrF2N3S2. The summed E-state index contributed by atoms with van der Waals surface area (Å²) in [6.07, 6.45) is 0. The molecule has 4 rings (SSSR count). The maximum absolute atomic E-state index is 12.6. The smallest absolute Gasteiger partial charge is 0.181 e. The fourth-order valence-corrected chi connectivity index (χ4v) is 3.89. The Hall–Kier alpha value is -1.64. The molecule has 0 aliphatic rings. The molecule has 0 radical (unpaired) electrons. The lowest BCUT2D eigenvalue weighted by Crippen LogP contribution is -1.79. The molecular weight excluding hydrogens is 416 g/mol. The van der Waals surface area contributed by atoms with Crippen molar-refractivity contribution in [3.05, 3.63) is 51.9 Å². The second kappa shape index (κ2) is 8.46. The van der Waals surface area contributed by atoms with Crippen LogP contribution in [0.2, 0.25) is 0 Å². The molecule has 0 saturated carbocycles. The number of nitrogens with two attached hydrogens (primary N) is 1. The van der Waals surface area contributed by atoms with Crippen LogP contribution in [0.15, 0.2) is 40.3 Å². The third-order valence-electron chi connectivity index (χ3n) is 2.69. The molecule has 2 aromatic carbocycles. The number of anilines is 1. The molecule has 0 spiro atoms. The third kappa shape index (κ3) is 4.68. The van der Waals surface area contributed by atoms with Gasteiger partial charge < -0.3 is 5.73 Å². The van der Waals surface area contributed by atoms with Gasteiger partial charge in [0.15, 0.2) is 9.05 Å². The number of aromatic nitrogens is 2. The number of halogens is 3. The molecule has 0 unspecified atom stereocenters. The van der Waals surface area contributed by atoms with Crippen molar-refractivity contribution >= 4 is 64.2 Å². The van der Waals surface area contributed by atoms with Crippen molar-refractivity contribution in [2.24, 2.45) is 0 Å². The first-order valence-electron chi connectivity index (χ1n) is 6.04. The van der Waals surface area contributed by atoms with Crippen LogP contribution in [-0.4, -0.2) is 9.97 Å². The average Bonchev–Trinajstić information content (AvgIpc) is 2.99. The van der Waals surface area contributed by atoms with Gasteiger partial charge in [-0.3, -0.25) is 0 Å². The number of nitrogen functional groups attached to an aromatic ring is 1. The SMILES string of the molecule is C.C.Fc1ccc2sc(Br)nc2c1.Nc1nc2cc(F)ccc2s1. The van der Waals surface area contributed by atoms with Gasteiger partial charge >= 0.3 is 0 Å². The summed E-state index contributed by atoms with van der Waals surface area (Å²) in [5.74, 6) is -0.516. The predicted octanol–water partition coefficient (Wildman–Crippen LogP) is 6.49. The van der Waals surface area contributed by atoms with E-state index in [9.17, 15) is 8.78 Å². The van der Waals surface area contributed by atoms with Gasteiger partial charge in [0.2, 0.25) is 0 Å². The maximum Gasteiger partial charge on any atom is 0.181 e. The summed E-state index contributed by atoms with van der Waals surface area (Å²) in [4.78, 5) is 8.00. The van der Waals surface area contributed by atoms with Gasteiger partial charge in [-0.2, -0.15) is 0 Å². The van der Waals surface area contributed by atoms with Gasteiger partial charge in [-0.1, -0.05) is 26.2 Å². The Labute approximate surface area is 155 Å². The van der Waals surface area contributed by atoms with E-state index in [-0.39, 0.29) is 26.5 Å². The zero-order valence-electron chi connectivity index (χ0n) is 10.9. The standard InChI is InChI=1S/C7H3BrFNS.C7H5FN2S.2CH4/c8-7-10-5-3-4(9)1-2-6(5)11-7;8-4-1-2-6-5(3-4)10-7(9)11-6;;/h1-3H;1-3H,(H2,9,10);2*1H4. The number of rotatable bonds is 0. The average molecular weight is 432 g/mol. The number of hydrogen-bond donors (Lipinski definition) is 1. The molecule has 8 heteroatoms. The summed E-state index contributed by atoms with van der Waals surface area (Å²) in [5, 5.41) is 0.477. The van der Waals surface area contributed by atoms with Gasteiger partial charge in [-0.15, -0.1) is 11.3 Å². The number of fused-ring (bicyclic) bond motifs is 2. The highest BCUT2D eigenvalue weighted by molar-refractivity contribution is 9.11. The van der Waals surface area contributed by atoms with Gasteiger partial charge in [0.05, 0.1) is 20.4 Å². The van der Waals surface area contributed by atoms with E-state index in [0.717, 1.165) is 13.3 Å². The Morgan fingerprint density at radius 2 is 1.33 bits per heavy atom. The highest BCUT2D eigenvalue weighted by Gasteiger charge is 2.01. The van der Waals surface area contributed by atoms with Crippen molar-refractivity contribution in [1.82, 2.24) is 9.97 Å². The van der Waals surface area contributed by atoms with E-state index in [1.165, 1.54) is 46.9 Å². The van der Waals surface area contributed by atoms with Crippen LogP contribution in [0.4, 0.5) is 13.9 Å². The lowest BCUT2D eigenvalue weighted by Gasteiger charge is -1.85. The zero-order chi connectivity index (χ0) is 15.7. The first kappa shape index (κ1) is 20.4. The van der Waals surface area contributed by atoms with E-state index in [1.54, 1.807) is 12.1 Å². The number of benzene rings is 2. The van der Waals surface area contributed by atoms with Gasteiger partial charge in [0.25, 0.3) is 0 Å². The van der Waals surface area contributed by atoms with Crippen LogP contribution < -0.4 is 5.73 Å². The molecule has 128 valence electrons. The van der Waals surface area contributed by atoms with Gasteiger partial charge in [0, 0.05) is 12.1 Å². The van der Waals surface area contributed by atoms with Crippen molar-refractivity contribution < 1.29 is 8.78 Å². The Bertz CT molecular complexity index is 875.